The Labute approximate surface area is 210 Å². The predicted octanol–water partition coefficient (Wildman–Crippen LogP) is 2.85. The van der Waals surface area contributed by atoms with Crippen molar-refractivity contribution < 1.29 is 23.5 Å². The maximum absolute atomic E-state index is 15.1. The lowest BCUT2D eigenvalue weighted by molar-refractivity contribution is -0.119. The second-order valence-electron chi connectivity index (χ2n) is 9.73. The molecule has 0 aromatic heterocycles. The number of cyclic esters (lactones) is 1. The van der Waals surface area contributed by atoms with Crippen molar-refractivity contribution in [3.63, 3.8) is 0 Å². The molecular formula is C27H31FN4O4. The number of ketones is 1. The summed E-state index contributed by atoms with van der Waals surface area (Å²) >= 11 is 0. The largest absolute Gasteiger partial charge is 0.442 e. The quantitative estimate of drug-likeness (QED) is 0.665. The number of aryl methyl sites for hydroxylation is 1. The van der Waals surface area contributed by atoms with Gasteiger partial charge in [0, 0.05) is 51.1 Å². The Balaban J connectivity index is 1.16. The highest BCUT2D eigenvalue weighted by Crippen LogP contribution is 2.30. The van der Waals surface area contributed by atoms with Crippen molar-refractivity contribution >= 4 is 29.2 Å². The summed E-state index contributed by atoms with van der Waals surface area (Å²) in [4.78, 5) is 42.0. The van der Waals surface area contributed by atoms with Crippen molar-refractivity contribution in [1.82, 2.24) is 10.2 Å². The minimum Gasteiger partial charge on any atom is -0.442 e. The summed E-state index contributed by atoms with van der Waals surface area (Å²) < 4.78 is 20.4. The first-order valence-corrected chi connectivity index (χ1v) is 12.5. The third-order valence-corrected chi connectivity index (χ3v) is 7.30. The molecule has 0 radical (unpaired) electrons. The number of hydrogen-bond acceptors (Lipinski definition) is 6. The summed E-state index contributed by atoms with van der Waals surface area (Å²) in [5, 5.41) is 2.63. The van der Waals surface area contributed by atoms with Crippen molar-refractivity contribution in [3.05, 3.63) is 59.4 Å². The lowest BCUT2D eigenvalue weighted by atomic mass is 9.82. The molecule has 9 heteroatoms. The second kappa shape index (κ2) is 10.3. The van der Waals surface area contributed by atoms with Crippen LogP contribution in [0, 0.1) is 11.7 Å². The van der Waals surface area contributed by atoms with Crippen molar-refractivity contribution in [2.45, 2.75) is 25.9 Å². The maximum atomic E-state index is 15.1. The number of nitrogens with one attached hydrogen (secondary N) is 1. The van der Waals surface area contributed by atoms with Gasteiger partial charge in [0.15, 0.2) is 5.78 Å². The molecule has 2 fully saturated rings. The molecule has 2 saturated heterocycles. The molecule has 1 unspecified atom stereocenters. The minimum atomic E-state index is -0.550. The number of ether oxygens (including phenoxy) is 1. The Morgan fingerprint density at radius 3 is 2.64 bits per heavy atom. The van der Waals surface area contributed by atoms with Crippen LogP contribution in [0.1, 0.15) is 29.3 Å². The molecule has 2 aromatic carbocycles. The minimum absolute atomic E-state index is 0.0113. The fourth-order valence-corrected chi connectivity index (χ4v) is 5.33. The molecule has 0 bridgehead atoms. The smallest absolute Gasteiger partial charge is 0.414 e. The van der Waals surface area contributed by atoms with Crippen molar-refractivity contribution in [3.8, 4) is 0 Å². The van der Waals surface area contributed by atoms with Crippen LogP contribution < -0.4 is 15.1 Å². The first-order valence-electron chi connectivity index (χ1n) is 12.5. The van der Waals surface area contributed by atoms with Crippen LogP contribution in [0.3, 0.4) is 0 Å². The maximum Gasteiger partial charge on any atom is 0.414 e. The molecule has 0 spiro atoms. The highest BCUT2D eigenvalue weighted by molar-refractivity contribution is 6.00. The van der Waals surface area contributed by atoms with Crippen LogP contribution in [0.2, 0.25) is 0 Å². The Morgan fingerprint density at radius 2 is 1.89 bits per heavy atom. The van der Waals surface area contributed by atoms with Gasteiger partial charge >= 0.3 is 6.09 Å². The van der Waals surface area contributed by atoms with E-state index in [2.05, 4.69) is 10.2 Å². The van der Waals surface area contributed by atoms with Gasteiger partial charge in [0.25, 0.3) is 0 Å². The zero-order valence-corrected chi connectivity index (χ0v) is 20.4. The molecule has 1 N–H and O–H groups in total. The average Bonchev–Trinajstić information content (AvgIpc) is 3.25. The average molecular weight is 495 g/mol. The highest BCUT2D eigenvalue weighted by Gasteiger charge is 2.33. The lowest BCUT2D eigenvalue weighted by Gasteiger charge is -2.38. The second-order valence-corrected chi connectivity index (χ2v) is 9.73. The SMILES string of the molecule is CC(=O)NC[C@H]1CN(c2ccc(N3CCN(CC4CCc5ccccc5C4=O)CC3)c(F)c2)C(=O)O1. The fraction of sp³-hybridized carbons (Fsp3) is 0.444. The van der Waals surface area contributed by atoms with E-state index < -0.39 is 18.0 Å². The van der Waals surface area contributed by atoms with E-state index in [1.165, 1.54) is 17.9 Å². The zero-order chi connectivity index (χ0) is 25.2. The molecule has 5 rings (SSSR count). The van der Waals surface area contributed by atoms with Gasteiger partial charge < -0.3 is 15.0 Å². The molecule has 8 nitrogen and oxygen atoms in total. The van der Waals surface area contributed by atoms with E-state index in [0.29, 0.717) is 24.5 Å². The molecule has 3 aliphatic rings. The van der Waals surface area contributed by atoms with Crippen LogP contribution in [0.25, 0.3) is 0 Å². The summed E-state index contributed by atoms with van der Waals surface area (Å²) in [5.41, 5.74) is 2.94. The van der Waals surface area contributed by atoms with Gasteiger partial charge in [-0.2, -0.15) is 0 Å². The number of Topliss-reactive ketones (excluding diaryl/α,β-unsaturated/α-hetero) is 1. The number of halogens is 1. The van der Waals surface area contributed by atoms with Crippen LogP contribution >= 0.6 is 0 Å². The first-order chi connectivity index (χ1) is 17.4. The summed E-state index contributed by atoms with van der Waals surface area (Å²) in [6.45, 7) is 5.46. The number of nitrogens with zero attached hydrogens (tertiary/aromatic N) is 3. The number of fused-ring (bicyclic) bond motifs is 1. The van der Waals surface area contributed by atoms with E-state index in [4.69, 9.17) is 4.74 Å². The normalized spacial score (nSPS) is 22.4. The van der Waals surface area contributed by atoms with Gasteiger partial charge in [0.1, 0.15) is 11.9 Å². The van der Waals surface area contributed by atoms with E-state index in [1.807, 2.05) is 29.2 Å². The molecule has 2 aromatic rings. The topological polar surface area (TPSA) is 82.2 Å². The van der Waals surface area contributed by atoms with Crippen LogP contribution in [-0.4, -0.2) is 74.6 Å². The number of amides is 2. The number of rotatable bonds is 6. The molecule has 0 saturated carbocycles. The number of benzene rings is 2. The number of carbonyl (C=O) groups is 3. The third kappa shape index (κ3) is 5.06. The van der Waals surface area contributed by atoms with Gasteiger partial charge in [0.05, 0.1) is 24.5 Å². The van der Waals surface area contributed by atoms with Gasteiger partial charge in [-0.3, -0.25) is 19.4 Å². The van der Waals surface area contributed by atoms with Gasteiger partial charge in [-0.15, -0.1) is 0 Å². The first kappa shape index (κ1) is 24.2. The fourth-order valence-electron chi connectivity index (χ4n) is 5.33. The Kier molecular flexibility index (Phi) is 6.91. The van der Waals surface area contributed by atoms with Gasteiger partial charge in [-0.05, 0) is 36.6 Å². The Bertz CT molecular complexity index is 1160. The van der Waals surface area contributed by atoms with E-state index in [1.54, 1.807) is 12.1 Å². The number of anilines is 2. The molecule has 2 aliphatic heterocycles. The van der Waals surface area contributed by atoms with Crippen LogP contribution in [0.4, 0.5) is 20.6 Å². The Hall–Kier alpha value is -3.46. The summed E-state index contributed by atoms with van der Waals surface area (Å²) in [5.74, 6) is -0.341. The van der Waals surface area contributed by atoms with Crippen LogP contribution in [0.15, 0.2) is 42.5 Å². The molecule has 36 heavy (non-hydrogen) atoms. The number of carbonyl (C=O) groups excluding carboxylic acids is 3. The molecular weight excluding hydrogens is 463 g/mol. The highest BCUT2D eigenvalue weighted by atomic mass is 19.1. The molecule has 2 atom stereocenters. The monoisotopic (exact) mass is 494 g/mol. The van der Waals surface area contributed by atoms with Gasteiger partial charge in [-0.25, -0.2) is 9.18 Å². The zero-order valence-electron chi connectivity index (χ0n) is 20.4. The van der Waals surface area contributed by atoms with Crippen molar-refractivity contribution in [2.24, 2.45) is 5.92 Å². The van der Waals surface area contributed by atoms with E-state index in [9.17, 15) is 14.4 Å². The van der Waals surface area contributed by atoms with Crippen LogP contribution in [0.5, 0.6) is 0 Å². The molecule has 190 valence electrons. The van der Waals surface area contributed by atoms with Gasteiger partial charge in [-0.1, -0.05) is 24.3 Å². The third-order valence-electron chi connectivity index (χ3n) is 7.30. The van der Waals surface area contributed by atoms with E-state index >= 15 is 4.39 Å². The summed E-state index contributed by atoms with van der Waals surface area (Å²) in [6, 6.07) is 12.7. The number of hydrogen-bond donors (Lipinski definition) is 1. The summed E-state index contributed by atoms with van der Waals surface area (Å²) in [7, 11) is 0. The van der Waals surface area contributed by atoms with E-state index in [-0.39, 0.29) is 30.7 Å². The van der Waals surface area contributed by atoms with Crippen molar-refractivity contribution in [1.29, 1.82) is 0 Å². The van der Waals surface area contributed by atoms with Gasteiger partial charge in [0.2, 0.25) is 5.91 Å². The van der Waals surface area contributed by atoms with Crippen LogP contribution in [-0.2, 0) is 16.0 Å². The molecule has 1 aliphatic carbocycles. The molecule has 2 heterocycles. The predicted molar refractivity (Wildman–Crippen MR) is 134 cm³/mol. The van der Waals surface area contributed by atoms with E-state index in [0.717, 1.165) is 43.6 Å². The summed E-state index contributed by atoms with van der Waals surface area (Å²) in [6.07, 6.45) is 0.784. The lowest BCUT2D eigenvalue weighted by Crippen LogP contribution is -2.49. The van der Waals surface area contributed by atoms with Crippen molar-refractivity contribution in [2.75, 3.05) is 55.6 Å². The number of piperazine rings is 1. The Morgan fingerprint density at radius 1 is 1.11 bits per heavy atom. The molecule has 2 amide bonds. The standard InChI is InChI=1S/C27H31FN4O4/c1-18(33)29-15-22-17-32(27(35)36-22)21-8-9-25(24(28)14-21)31-12-10-30(11-13-31)16-20-7-6-19-4-2-3-5-23(19)26(20)34/h2-5,8-9,14,20,22H,6-7,10-13,15-17H2,1H3,(H,29,33)/t20?,22-/m0/s1.